The lowest BCUT2D eigenvalue weighted by Gasteiger charge is -2.46. The summed E-state index contributed by atoms with van der Waals surface area (Å²) in [4.78, 5) is 28.9. The van der Waals surface area contributed by atoms with Gasteiger partial charge in [-0.25, -0.2) is 8.42 Å². The third-order valence-electron chi connectivity index (χ3n) is 5.52. The second kappa shape index (κ2) is 9.82. The Morgan fingerprint density at radius 2 is 1.72 bits per heavy atom. The molecular weight excluding hydrogens is 470 g/mol. The number of hydrogen-bond donors (Lipinski definition) is 1. The normalized spacial score (nSPS) is 19.8. The van der Waals surface area contributed by atoms with E-state index in [0.717, 1.165) is 26.6 Å². The number of nitrogens with one attached hydrogen (secondary N) is 1. The van der Waals surface area contributed by atoms with E-state index in [1.807, 2.05) is 30.5 Å². The van der Waals surface area contributed by atoms with E-state index in [0.29, 0.717) is 5.02 Å². The molecule has 10 heteroatoms. The Bertz CT molecular complexity index is 1090. The Balaban J connectivity index is 1.86. The number of halogens is 1. The average molecular weight is 496 g/mol. The number of nitrogens with zero attached hydrogens (tertiary/aromatic N) is 2. The van der Waals surface area contributed by atoms with Crippen LogP contribution in [0.2, 0.25) is 5.02 Å². The number of hydrogen-bond acceptors (Lipinski definition) is 5. The van der Waals surface area contributed by atoms with Crippen molar-refractivity contribution in [1.82, 2.24) is 14.5 Å². The van der Waals surface area contributed by atoms with Gasteiger partial charge < -0.3 is 10.2 Å². The maximum Gasteiger partial charge on any atom is 0.247 e. The summed E-state index contributed by atoms with van der Waals surface area (Å²) < 4.78 is 25.5. The Morgan fingerprint density at radius 3 is 2.28 bits per heavy atom. The van der Waals surface area contributed by atoms with Gasteiger partial charge in [-0.15, -0.1) is 11.8 Å². The van der Waals surface area contributed by atoms with Crippen LogP contribution in [0, 0.1) is 0 Å². The van der Waals surface area contributed by atoms with Crippen LogP contribution >= 0.6 is 23.4 Å². The Labute approximate surface area is 198 Å². The SMILES string of the molecule is CSc1ccc(CN2C(=O)CN(S(C)(=O)=O)C[C@]2(C)C(=O)NCc2ccc(Cl)cc2)cc1. The number of piperazine rings is 1. The third-order valence-corrected chi connectivity index (χ3v) is 7.71. The van der Waals surface area contributed by atoms with E-state index >= 15 is 0 Å². The number of carbonyl (C=O) groups is 2. The maximum atomic E-state index is 13.3. The Morgan fingerprint density at radius 1 is 1.12 bits per heavy atom. The zero-order valence-electron chi connectivity index (χ0n) is 18.2. The molecule has 2 aromatic rings. The van der Waals surface area contributed by atoms with E-state index in [-0.39, 0.29) is 26.2 Å². The van der Waals surface area contributed by atoms with Gasteiger partial charge in [-0.1, -0.05) is 35.9 Å². The fourth-order valence-corrected chi connectivity index (χ4v) is 4.94. The molecule has 0 aliphatic carbocycles. The van der Waals surface area contributed by atoms with Crippen molar-refractivity contribution in [2.45, 2.75) is 30.4 Å². The van der Waals surface area contributed by atoms with Crippen LogP contribution in [-0.4, -0.2) is 60.6 Å². The van der Waals surface area contributed by atoms with Crippen molar-refractivity contribution in [3.63, 3.8) is 0 Å². The van der Waals surface area contributed by atoms with Gasteiger partial charge in [0.1, 0.15) is 5.54 Å². The van der Waals surface area contributed by atoms with E-state index in [2.05, 4.69) is 5.32 Å². The van der Waals surface area contributed by atoms with Crippen LogP contribution in [0.1, 0.15) is 18.1 Å². The molecule has 1 atom stereocenters. The van der Waals surface area contributed by atoms with Gasteiger partial charge in [-0.3, -0.25) is 9.59 Å². The molecule has 0 unspecified atom stereocenters. The first-order valence-corrected chi connectivity index (χ1v) is 13.4. The summed E-state index contributed by atoms with van der Waals surface area (Å²) in [5.41, 5.74) is 0.330. The number of sulfonamides is 1. The highest BCUT2D eigenvalue weighted by atomic mass is 35.5. The number of carbonyl (C=O) groups excluding carboxylic acids is 2. The average Bonchev–Trinajstić information content (AvgIpc) is 2.75. The molecule has 1 aliphatic heterocycles. The minimum atomic E-state index is -3.65. The molecule has 2 amide bonds. The largest absolute Gasteiger partial charge is 0.350 e. The van der Waals surface area contributed by atoms with Gasteiger partial charge in [-0.2, -0.15) is 4.31 Å². The molecular formula is C22H26ClN3O4S2. The molecule has 0 aromatic heterocycles. The van der Waals surface area contributed by atoms with Crippen molar-refractivity contribution in [3.05, 3.63) is 64.7 Å². The van der Waals surface area contributed by atoms with Crippen LogP contribution in [-0.2, 0) is 32.7 Å². The van der Waals surface area contributed by atoms with Crippen LogP contribution in [0.15, 0.2) is 53.4 Å². The predicted molar refractivity (Wildman–Crippen MR) is 127 cm³/mol. The lowest BCUT2D eigenvalue weighted by atomic mass is 9.94. The predicted octanol–water partition coefficient (Wildman–Crippen LogP) is 2.74. The van der Waals surface area contributed by atoms with Crippen LogP contribution < -0.4 is 5.32 Å². The molecule has 0 saturated carbocycles. The monoisotopic (exact) mass is 495 g/mol. The highest BCUT2D eigenvalue weighted by Gasteiger charge is 2.49. The molecule has 3 rings (SSSR count). The summed E-state index contributed by atoms with van der Waals surface area (Å²) in [6.07, 6.45) is 3.02. The number of rotatable bonds is 7. The van der Waals surface area contributed by atoms with Crippen molar-refractivity contribution >= 4 is 45.2 Å². The first-order chi connectivity index (χ1) is 15.0. The molecule has 1 fully saturated rings. The summed E-state index contributed by atoms with van der Waals surface area (Å²) in [5, 5.41) is 3.44. The first kappa shape index (κ1) is 24.6. The van der Waals surface area contributed by atoms with Gasteiger partial charge in [0.05, 0.1) is 12.8 Å². The molecule has 0 radical (unpaired) electrons. The van der Waals surface area contributed by atoms with Crippen molar-refractivity contribution in [3.8, 4) is 0 Å². The number of benzene rings is 2. The minimum absolute atomic E-state index is 0.118. The summed E-state index contributed by atoms with van der Waals surface area (Å²) in [5.74, 6) is -0.838. The molecule has 0 bridgehead atoms. The van der Waals surface area contributed by atoms with E-state index in [1.54, 1.807) is 43.0 Å². The van der Waals surface area contributed by atoms with Gasteiger partial charge in [0.2, 0.25) is 21.8 Å². The Hall–Kier alpha value is -2.07. The molecule has 7 nitrogen and oxygen atoms in total. The van der Waals surface area contributed by atoms with Crippen LogP contribution in [0.25, 0.3) is 0 Å². The van der Waals surface area contributed by atoms with Crippen LogP contribution in [0.3, 0.4) is 0 Å². The summed E-state index contributed by atoms with van der Waals surface area (Å²) in [7, 11) is -3.65. The van der Waals surface area contributed by atoms with Gasteiger partial charge in [0.15, 0.2) is 0 Å². The maximum absolute atomic E-state index is 13.3. The van der Waals surface area contributed by atoms with E-state index in [1.165, 1.54) is 4.90 Å². The molecule has 32 heavy (non-hydrogen) atoms. The highest BCUT2D eigenvalue weighted by molar-refractivity contribution is 7.98. The summed E-state index contributed by atoms with van der Waals surface area (Å²) >= 11 is 7.52. The fourth-order valence-electron chi connectivity index (χ4n) is 3.58. The van der Waals surface area contributed by atoms with Crippen molar-refractivity contribution < 1.29 is 18.0 Å². The first-order valence-electron chi connectivity index (χ1n) is 9.94. The lowest BCUT2D eigenvalue weighted by Crippen LogP contribution is -2.69. The van der Waals surface area contributed by atoms with E-state index in [9.17, 15) is 18.0 Å². The lowest BCUT2D eigenvalue weighted by molar-refractivity contribution is -0.153. The number of amides is 2. The third kappa shape index (κ3) is 5.64. The van der Waals surface area contributed by atoms with Crippen LogP contribution in [0.5, 0.6) is 0 Å². The summed E-state index contributed by atoms with van der Waals surface area (Å²) in [6.45, 7) is 1.63. The summed E-state index contributed by atoms with van der Waals surface area (Å²) in [6, 6.07) is 14.8. The molecule has 1 saturated heterocycles. The quantitative estimate of drug-likeness (QED) is 0.597. The fraction of sp³-hybridized carbons (Fsp3) is 0.364. The zero-order chi connectivity index (χ0) is 23.5. The minimum Gasteiger partial charge on any atom is -0.350 e. The molecule has 1 N–H and O–H groups in total. The smallest absolute Gasteiger partial charge is 0.247 e. The standard InChI is InChI=1S/C22H26ClN3O4S2/c1-22(21(28)24-12-16-4-8-18(23)9-5-16)15-25(32(3,29)30)14-20(27)26(22)13-17-6-10-19(31-2)11-7-17/h4-11H,12-15H2,1-3H3,(H,24,28)/t22-/m1/s1. The molecule has 172 valence electrons. The van der Waals surface area contributed by atoms with Crippen molar-refractivity contribution in [1.29, 1.82) is 0 Å². The molecule has 1 heterocycles. The second-order valence-corrected chi connectivity index (χ2v) is 11.2. The zero-order valence-corrected chi connectivity index (χ0v) is 20.6. The van der Waals surface area contributed by atoms with Crippen molar-refractivity contribution in [2.75, 3.05) is 25.6 Å². The van der Waals surface area contributed by atoms with Gasteiger partial charge >= 0.3 is 0 Å². The Kier molecular flexibility index (Phi) is 7.54. The second-order valence-electron chi connectivity index (χ2n) is 7.94. The van der Waals surface area contributed by atoms with Crippen LogP contribution in [0.4, 0.5) is 0 Å². The van der Waals surface area contributed by atoms with Crippen molar-refractivity contribution in [2.24, 2.45) is 0 Å². The molecule has 1 aliphatic rings. The van der Waals surface area contributed by atoms with Gasteiger partial charge in [0.25, 0.3) is 0 Å². The molecule has 0 spiro atoms. The number of thioether (sulfide) groups is 1. The van der Waals surface area contributed by atoms with E-state index < -0.39 is 27.4 Å². The molecule has 2 aromatic carbocycles. The van der Waals surface area contributed by atoms with E-state index in [4.69, 9.17) is 11.6 Å². The highest BCUT2D eigenvalue weighted by Crippen LogP contribution is 2.27. The topological polar surface area (TPSA) is 86.8 Å². The van der Waals surface area contributed by atoms with Gasteiger partial charge in [-0.05, 0) is 48.6 Å². The van der Waals surface area contributed by atoms with Gasteiger partial charge in [0, 0.05) is 29.6 Å².